The van der Waals surface area contributed by atoms with Gasteiger partial charge >= 0.3 is 0 Å². The molecule has 2 aliphatic rings. The number of hydrogen-bond acceptors (Lipinski definition) is 4. The van der Waals surface area contributed by atoms with E-state index >= 15 is 0 Å². The molecule has 1 aromatic heterocycles. The summed E-state index contributed by atoms with van der Waals surface area (Å²) in [5.74, 6) is 0.840. The van der Waals surface area contributed by atoms with Crippen molar-refractivity contribution in [2.75, 3.05) is 31.1 Å². The van der Waals surface area contributed by atoms with Crippen molar-refractivity contribution in [2.24, 2.45) is 0 Å². The van der Waals surface area contributed by atoms with E-state index in [0.29, 0.717) is 5.56 Å². The van der Waals surface area contributed by atoms with Gasteiger partial charge in [0.15, 0.2) is 0 Å². The number of pyridine rings is 1. The second kappa shape index (κ2) is 5.57. The Bertz CT molecular complexity index is 451. The first-order chi connectivity index (χ1) is 9.34. The van der Waals surface area contributed by atoms with E-state index in [0.717, 1.165) is 38.4 Å². The minimum atomic E-state index is 0.00343. The highest BCUT2D eigenvalue weighted by molar-refractivity contribution is 5.99. The van der Waals surface area contributed by atoms with Crippen LogP contribution in [0.4, 0.5) is 5.82 Å². The summed E-state index contributed by atoms with van der Waals surface area (Å²) in [5, 5.41) is 6.35. The minimum Gasteiger partial charge on any atom is -0.356 e. The number of nitrogens with zero attached hydrogens (tertiary/aromatic N) is 2. The Morgan fingerprint density at radius 3 is 3.00 bits per heavy atom. The topological polar surface area (TPSA) is 57.3 Å². The molecule has 0 aromatic carbocycles. The Labute approximate surface area is 113 Å². The van der Waals surface area contributed by atoms with Gasteiger partial charge in [-0.3, -0.25) is 4.79 Å². The Morgan fingerprint density at radius 2 is 2.26 bits per heavy atom. The van der Waals surface area contributed by atoms with Gasteiger partial charge in [0.2, 0.25) is 0 Å². The first kappa shape index (κ1) is 12.4. The molecule has 2 aliphatic heterocycles. The fourth-order valence-corrected chi connectivity index (χ4v) is 2.80. The number of rotatable bonds is 3. The van der Waals surface area contributed by atoms with Crippen molar-refractivity contribution in [3.05, 3.63) is 23.9 Å². The normalized spacial score (nSPS) is 22.7. The number of hydrogen-bond donors (Lipinski definition) is 2. The van der Waals surface area contributed by atoms with Crippen molar-refractivity contribution in [1.82, 2.24) is 15.6 Å². The number of amides is 1. The molecule has 5 heteroatoms. The van der Waals surface area contributed by atoms with Gasteiger partial charge in [-0.25, -0.2) is 4.98 Å². The van der Waals surface area contributed by atoms with Crippen molar-refractivity contribution >= 4 is 11.7 Å². The van der Waals surface area contributed by atoms with Crippen LogP contribution in [0.5, 0.6) is 0 Å². The molecule has 102 valence electrons. The summed E-state index contributed by atoms with van der Waals surface area (Å²) in [5.41, 5.74) is 0.705. The molecule has 1 aromatic rings. The van der Waals surface area contributed by atoms with Crippen molar-refractivity contribution in [1.29, 1.82) is 0 Å². The molecule has 3 rings (SSSR count). The maximum absolute atomic E-state index is 12.4. The molecule has 2 fully saturated rings. The van der Waals surface area contributed by atoms with E-state index in [4.69, 9.17) is 0 Å². The van der Waals surface area contributed by atoms with E-state index in [1.807, 2.05) is 12.1 Å². The molecule has 1 unspecified atom stereocenters. The summed E-state index contributed by atoms with van der Waals surface area (Å²) in [6.45, 7) is 3.85. The van der Waals surface area contributed by atoms with Crippen LogP contribution in [0.3, 0.4) is 0 Å². The zero-order valence-electron chi connectivity index (χ0n) is 11.1. The van der Waals surface area contributed by atoms with Gasteiger partial charge in [0.05, 0.1) is 5.56 Å². The molecule has 0 saturated carbocycles. The Hall–Kier alpha value is -1.62. The Balaban J connectivity index is 1.76. The number of carbonyl (C=O) groups excluding carboxylic acids is 1. The van der Waals surface area contributed by atoms with E-state index in [-0.39, 0.29) is 11.9 Å². The third-order valence-corrected chi connectivity index (χ3v) is 3.83. The molecular weight excluding hydrogens is 240 g/mol. The summed E-state index contributed by atoms with van der Waals surface area (Å²) < 4.78 is 0. The van der Waals surface area contributed by atoms with Gasteiger partial charge in [-0.1, -0.05) is 0 Å². The van der Waals surface area contributed by atoms with Crippen molar-refractivity contribution in [2.45, 2.75) is 25.3 Å². The second-order valence-electron chi connectivity index (χ2n) is 5.23. The van der Waals surface area contributed by atoms with Gasteiger partial charge in [-0.2, -0.15) is 0 Å². The molecule has 3 heterocycles. The summed E-state index contributed by atoms with van der Waals surface area (Å²) >= 11 is 0. The molecule has 0 radical (unpaired) electrons. The highest BCUT2D eigenvalue weighted by Gasteiger charge is 2.23. The van der Waals surface area contributed by atoms with E-state index in [1.54, 1.807) is 6.20 Å². The van der Waals surface area contributed by atoms with E-state index in [9.17, 15) is 4.79 Å². The lowest BCUT2D eigenvalue weighted by molar-refractivity contribution is 0.0940. The Kier molecular flexibility index (Phi) is 3.64. The zero-order chi connectivity index (χ0) is 13.1. The molecule has 5 nitrogen and oxygen atoms in total. The average Bonchev–Trinajstić information content (AvgIpc) is 3.11. The van der Waals surface area contributed by atoms with Crippen LogP contribution in [0.15, 0.2) is 18.3 Å². The number of carbonyl (C=O) groups is 1. The molecule has 0 aliphatic carbocycles. The van der Waals surface area contributed by atoms with Crippen LogP contribution in [0, 0.1) is 0 Å². The van der Waals surface area contributed by atoms with Crippen molar-refractivity contribution < 1.29 is 4.79 Å². The molecule has 19 heavy (non-hydrogen) atoms. The van der Waals surface area contributed by atoms with Crippen LogP contribution in [0.2, 0.25) is 0 Å². The highest BCUT2D eigenvalue weighted by atomic mass is 16.1. The second-order valence-corrected chi connectivity index (χ2v) is 5.23. The third kappa shape index (κ3) is 2.71. The van der Waals surface area contributed by atoms with Gasteiger partial charge in [-0.05, 0) is 37.9 Å². The van der Waals surface area contributed by atoms with E-state index < -0.39 is 0 Å². The molecule has 1 amide bonds. The van der Waals surface area contributed by atoms with Crippen LogP contribution in [0.1, 0.15) is 29.6 Å². The summed E-state index contributed by atoms with van der Waals surface area (Å²) in [7, 11) is 0. The van der Waals surface area contributed by atoms with Gasteiger partial charge in [-0.15, -0.1) is 0 Å². The monoisotopic (exact) mass is 260 g/mol. The predicted molar refractivity (Wildman–Crippen MR) is 74.4 cm³/mol. The smallest absolute Gasteiger partial charge is 0.255 e. The Morgan fingerprint density at radius 1 is 1.42 bits per heavy atom. The largest absolute Gasteiger partial charge is 0.356 e. The molecular formula is C14H20N4O. The quantitative estimate of drug-likeness (QED) is 0.843. The number of anilines is 1. The van der Waals surface area contributed by atoms with Gasteiger partial charge in [0, 0.05) is 31.9 Å². The lowest BCUT2D eigenvalue weighted by atomic mass is 10.2. The third-order valence-electron chi connectivity index (χ3n) is 3.83. The fourth-order valence-electron chi connectivity index (χ4n) is 2.80. The number of nitrogens with one attached hydrogen (secondary N) is 2. The SMILES string of the molecule is O=C(NC1CCNC1)c1cccnc1N1CCCC1. The van der Waals surface area contributed by atoms with Crippen molar-refractivity contribution in [3.63, 3.8) is 0 Å². The first-order valence-electron chi connectivity index (χ1n) is 7.06. The van der Waals surface area contributed by atoms with E-state index in [1.165, 1.54) is 12.8 Å². The van der Waals surface area contributed by atoms with Crippen LogP contribution in [-0.4, -0.2) is 43.1 Å². The molecule has 0 bridgehead atoms. The predicted octanol–water partition coefficient (Wildman–Crippen LogP) is 0.773. The molecule has 2 saturated heterocycles. The van der Waals surface area contributed by atoms with Gasteiger partial charge < -0.3 is 15.5 Å². The van der Waals surface area contributed by atoms with Gasteiger partial charge in [0.1, 0.15) is 5.82 Å². The minimum absolute atomic E-state index is 0.00343. The van der Waals surface area contributed by atoms with Gasteiger partial charge in [0.25, 0.3) is 5.91 Å². The summed E-state index contributed by atoms with van der Waals surface area (Å²) in [6, 6.07) is 3.96. The van der Waals surface area contributed by atoms with Crippen LogP contribution < -0.4 is 15.5 Å². The van der Waals surface area contributed by atoms with Crippen LogP contribution in [0.25, 0.3) is 0 Å². The summed E-state index contributed by atoms with van der Waals surface area (Å²) in [6.07, 6.45) is 5.14. The van der Waals surface area contributed by atoms with Crippen LogP contribution >= 0.6 is 0 Å². The first-order valence-corrected chi connectivity index (χ1v) is 7.06. The molecule has 2 N–H and O–H groups in total. The van der Waals surface area contributed by atoms with E-state index in [2.05, 4.69) is 20.5 Å². The highest BCUT2D eigenvalue weighted by Crippen LogP contribution is 2.22. The lowest BCUT2D eigenvalue weighted by Crippen LogP contribution is -2.37. The molecule has 0 spiro atoms. The van der Waals surface area contributed by atoms with Crippen LogP contribution in [-0.2, 0) is 0 Å². The average molecular weight is 260 g/mol. The lowest BCUT2D eigenvalue weighted by Gasteiger charge is -2.20. The zero-order valence-corrected chi connectivity index (χ0v) is 11.1. The molecule has 1 atom stereocenters. The summed E-state index contributed by atoms with van der Waals surface area (Å²) in [4.78, 5) is 19.0. The number of aromatic nitrogens is 1. The van der Waals surface area contributed by atoms with Crippen molar-refractivity contribution in [3.8, 4) is 0 Å². The standard InChI is InChI=1S/C14H20N4O/c19-14(17-11-5-7-15-10-11)12-4-3-6-16-13(12)18-8-1-2-9-18/h3-4,6,11,15H,1-2,5,7-10H2,(H,17,19). The maximum atomic E-state index is 12.4. The maximum Gasteiger partial charge on any atom is 0.255 e. The fraction of sp³-hybridized carbons (Fsp3) is 0.571.